The van der Waals surface area contributed by atoms with Crippen molar-refractivity contribution in [2.45, 2.75) is 65.2 Å². The summed E-state index contributed by atoms with van der Waals surface area (Å²) in [6, 6.07) is -0.329. The first-order valence-electron chi connectivity index (χ1n) is 8.78. The van der Waals surface area contributed by atoms with Crippen LogP contribution in [0.5, 0.6) is 0 Å². The fourth-order valence-electron chi connectivity index (χ4n) is 2.78. The standard InChI is InChI=1S/C18H29N3O4S/c1-12-10-19-15(26-12)13-11-20(16(23)25-17(2,3)4)7-8-21(13)14(22)9-18(5,6)24/h10,13,24H,7-9,11H2,1-6H3. The van der Waals surface area contributed by atoms with Crippen molar-refractivity contribution in [1.29, 1.82) is 0 Å². The lowest BCUT2D eigenvalue weighted by Crippen LogP contribution is -2.54. The van der Waals surface area contributed by atoms with E-state index in [1.807, 2.05) is 27.7 Å². The molecule has 2 heterocycles. The fraction of sp³-hybridized carbons (Fsp3) is 0.722. The van der Waals surface area contributed by atoms with Crippen LogP contribution in [0.2, 0.25) is 0 Å². The Kier molecular flexibility index (Phi) is 5.97. The molecule has 1 saturated heterocycles. The van der Waals surface area contributed by atoms with E-state index in [0.717, 1.165) is 9.88 Å². The number of carbonyl (C=O) groups excluding carboxylic acids is 2. The molecule has 1 aromatic rings. The predicted octanol–water partition coefficient (Wildman–Crippen LogP) is 2.73. The topological polar surface area (TPSA) is 83.0 Å². The van der Waals surface area contributed by atoms with Gasteiger partial charge in [-0.1, -0.05) is 0 Å². The summed E-state index contributed by atoms with van der Waals surface area (Å²) in [6.45, 7) is 11.8. The number of aromatic nitrogens is 1. The Morgan fingerprint density at radius 2 is 1.96 bits per heavy atom. The average Bonchev–Trinajstić information content (AvgIpc) is 2.89. The summed E-state index contributed by atoms with van der Waals surface area (Å²) in [6.07, 6.45) is 1.41. The van der Waals surface area contributed by atoms with Crippen molar-refractivity contribution < 1.29 is 19.4 Å². The van der Waals surface area contributed by atoms with Gasteiger partial charge in [-0.25, -0.2) is 9.78 Å². The van der Waals surface area contributed by atoms with Crippen LogP contribution in [0.3, 0.4) is 0 Å². The lowest BCUT2D eigenvalue weighted by molar-refractivity contribution is -0.140. The van der Waals surface area contributed by atoms with E-state index in [1.165, 1.54) is 11.3 Å². The maximum Gasteiger partial charge on any atom is 0.410 e. The van der Waals surface area contributed by atoms with Gasteiger partial charge in [0.25, 0.3) is 0 Å². The Bertz CT molecular complexity index is 660. The summed E-state index contributed by atoms with van der Waals surface area (Å²) in [5.41, 5.74) is -1.65. The number of aryl methyl sites for hydroxylation is 1. The van der Waals surface area contributed by atoms with Crippen molar-refractivity contribution >= 4 is 23.3 Å². The third-order valence-corrected chi connectivity index (χ3v) is 4.87. The molecule has 1 aliphatic heterocycles. The SMILES string of the molecule is Cc1cnc(C2CN(C(=O)OC(C)(C)C)CCN2C(=O)CC(C)(C)O)s1. The highest BCUT2D eigenvalue weighted by Crippen LogP contribution is 2.30. The molecule has 146 valence electrons. The third-order valence-electron chi connectivity index (χ3n) is 3.86. The third kappa shape index (κ3) is 5.67. The summed E-state index contributed by atoms with van der Waals surface area (Å²) >= 11 is 1.51. The maximum absolute atomic E-state index is 12.7. The van der Waals surface area contributed by atoms with Gasteiger partial charge in [0, 0.05) is 24.2 Å². The Morgan fingerprint density at radius 3 is 2.46 bits per heavy atom. The smallest absolute Gasteiger partial charge is 0.410 e. The molecule has 2 amide bonds. The highest BCUT2D eigenvalue weighted by Gasteiger charge is 2.37. The second kappa shape index (κ2) is 7.52. The molecular formula is C18H29N3O4S. The van der Waals surface area contributed by atoms with Crippen LogP contribution >= 0.6 is 11.3 Å². The number of piperazine rings is 1. The molecule has 7 nitrogen and oxygen atoms in total. The van der Waals surface area contributed by atoms with Crippen LogP contribution in [-0.4, -0.2) is 62.7 Å². The van der Waals surface area contributed by atoms with Crippen LogP contribution in [0.15, 0.2) is 6.20 Å². The number of thiazole rings is 1. The second-order valence-electron chi connectivity index (χ2n) is 8.33. The van der Waals surface area contributed by atoms with E-state index >= 15 is 0 Å². The zero-order valence-corrected chi connectivity index (χ0v) is 17.2. The number of amides is 2. The first kappa shape index (κ1) is 20.6. The molecule has 0 spiro atoms. The van der Waals surface area contributed by atoms with Crippen LogP contribution in [0, 0.1) is 6.92 Å². The summed E-state index contributed by atoms with van der Waals surface area (Å²) in [7, 11) is 0. The van der Waals surface area contributed by atoms with Gasteiger partial charge in [0.2, 0.25) is 5.91 Å². The molecule has 8 heteroatoms. The minimum atomic E-state index is -1.08. The molecule has 0 radical (unpaired) electrons. The largest absolute Gasteiger partial charge is 0.444 e. The molecule has 26 heavy (non-hydrogen) atoms. The van der Waals surface area contributed by atoms with Crippen LogP contribution in [-0.2, 0) is 9.53 Å². The maximum atomic E-state index is 12.7. The zero-order valence-electron chi connectivity index (χ0n) is 16.4. The van der Waals surface area contributed by atoms with E-state index in [4.69, 9.17) is 4.74 Å². The van der Waals surface area contributed by atoms with Crippen LogP contribution in [0.1, 0.15) is 57.0 Å². The molecule has 2 rings (SSSR count). The summed E-state index contributed by atoms with van der Waals surface area (Å²) in [4.78, 5) is 34.0. The molecular weight excluding hydrogens is 354 g/mol. The molecule has 1 aliphatic rings. The molecule has 1 aromatic heterocycles. The minimum absolute atomic E-state index is 0.0281. The average molecular weight is 384 g/mol. The molecule has 0 bridgehead atoms. The van der Waals surface area contributed by atoms with Gasteiger partial charge in [0.1, 0.15) is 16.7 Å². The van der Waals surface area contributed by atoms with Gasteiger partial charge in [-0.15, -0.1) is 11.3 Å². The predicted molar refractivity (Wildman–Crippen MR) is 100 cm³/mol. The van der Waals surface area contributed by atoms with E-state index in [2.05, 4.69) is 4.98 Å². The Morgan fingerprint density at radius 1 is 1.31 bits per heavy atom. The van der Waals surface area contributed by atoms with Crippen molar-refractivity contribution in [3.8, 4) is 0 Å². The highest BCUT2D eigenvalue weighted by atomic mass is 32.1. The number of hydrogen-bond acceptors (Lipinski definition) is 6. The number of rotatable bonds is 3. The number of nitrogens with zero attached hydrogens (tertiary/aromatic N) is 3. The molecule has 1 atom stereocenters. The monoisotopic (exact) mass is 383 g/mol. The van der Waals surface area contributed by atoms with Crippen molar-refractivity contribution in [3.63, 3.8) is 0 Å². The lowest BCUT2D eigenvalue weighted by Gasteiger charge is -2.41. The molecule has 1 fully saturated rings. The van der Waals surface area contributed by atoms with Crippen molar-refractivity contribution in [3.05, 3.63) is 16.1 Å². The van der Waals surface area contributed by atoms with Crippen LogP contribution < -0.4 is 0 Å². The second-order valence-corrected chi connectivity index (χ2v) is 9.59. The number of aliphatic hydroxyl groups is 1. The van der Waals surface area contributed by atoms with Gasteiger partial charge < -0.3 is 19.6 Å². The lowest BCUT2D eigenvalue weighted by atomic mass is 10.0. The van der Waals surface area contributed by atoms with Crippen molar-refractivity contribution in [2.75, 3.05) is 19.6 Å². The van der Waals surface area contributed by atoms with E-state index < -0.39 is 11.2 Å². The molecule has 1 unspecified atom stereocenters. The Balaban J connectivity index is 2.20. The molecule has 1 N–H and O–H groups in total. The van der Waals surface area contributed by atoms with Gasteiger partial charge in [-0.3, -0.25) is 4.79 Å². The van der Waals surface area contributed by atoms with E-state index in [0.29, 0.717) is 19.6 Å². The van der Waals surface area contributed by atoms with E-state index in [9.17, 15) is 14.7 Å². The minimum Gasteiger partial charge on any atom is -0.444 e. The van der Waals surface area contributed by atoms with Gasteiger partial charge in [-0.2, -0.15) is 0 Å². The number of hydrogen-bond donors (Lipinski definition) is 1. The van der Waals surface area contributed by atoms with Crippen LogP contribution in [0.4, 0.5) is 4.79 Å². The van der Waals surface area contributed by atoms with Crippen molar-refractivity contribution in [1.82, 2.24) is 14.8 Å². The van der Waals surface area contributed by atoms with E-state index in [1.54, 1.807) is 29.8 Å². The number of ether oxygens (including phenoxy) is 1. The molecule has 0 saturated carbocycles. The Labute approximate surface area is 159 Å². The first-order chi connectivity index (χ1) is 11.9. The van der Waals surface area contributed by atoms with Gasteiger partial charge in [0.15, 0.2) is 0 Å². The summed E-state index contributed by atoms with van der Waals surface area (Å²) in [5, 5.41) is 10.8. The highest BCUT2D eigenvalue weighted by molar-refractivity contribution is 7.11. The number of carbonyl (C=O) groups is 2. The zero-order chi connectivity index (χ0) is 19.7. The van der Waals surface area contributed by atoms with Crippen LogP contribution in [0.25, 0.3) is 0 Å². The van der Waals surface area contributed by atoms with E-state index in [-0.39, 0.29) is 24.5 Å². The van der Waals surface area contributed by atoms with Gasteiger partial charge in [0.05, 0.1) is 18.6 Å². The summed E-state index contributed by atoms with van der Waals surface area (Å²) < 4.78 is 5.47. The quantitative estimate of drug-likeness (QED) is 0.868. The Hall–Kier alpha value is -1.67. The summed E-state index contributed by atoms with van der Waals surface area (Å²) in [5.74, 6) is -0.140. The van der Waals surface area contributed by atoms with Gasteiger partial charge >= 0.3 is 6.09 Å². The fourth-order valence-corrected chi connectivity index (χ4v) is 3.66. The molecule has 0 aliphatic carbocycles. The van der Waals surface area contributed by atoms with Gasteiger partial charge in [-0.05, 0) is 41.5 Å². The normalized spacial score (nSPS) is 18.8. The first-order valence-corrected chi connectivity index (χ1v) is 9.59. The molecule has 0 aromatic carbocycles. The van der Waals surface area contributed by atoms with Crippen molar-refractivity contribution in [2.24, 2.45) is 0 Å².